The molecule has 0 aliphatic carbocycles. The zero-order chi connectivity index (χ0) is 15.5. The van der Waals surface area contributed by atoms with Crippen LogP contribution in [0.3, 0.4) is 0 Å². The van der Waals surface area contributed by atoms with Gasteiger partial charge in [0.25, 0.3) is 10.0 Å². The number of aromatic nitrogens is 1. The van der Waals surface area contributed by atoms with Crippen LogP contribution in [-0.2, 0) is 10.0 Å². The lowest BCUT2D eigenvalue weighted by molar-refractivity contribution is 0.331. The Bertz CT molecular complexity index is 733. The molecule has 2 aromatic rings. The van der Waals surface area contributed by atoms with Gasteiger partial charge in [0.15, 0.2) is 0 Å². The fourth-order valence-corrected chi connectivity index (χ4v) is 2.94. The first kappa shape index (κ1) is 15.4. The van der Waals surface area contributed by atoms with Crippen LogP contribution in [0.4, 0.5) is 11.5 Å². The molecule has 1 aromatic carbocycles. The van der Waals surface area contributed by atoms with E-state index in [1.807, 2.05) is 0 Å². The number of nitrogens with zero attached hydrogens (tertiary/aromatic N) is 1. The number of nitrogen functional groups attached to an aromatic ring is 1. The van der Waals surface area contributed by atoms with Crippen molar-refractivity contribution in [1.82, 2.24) is 4.98 Å². The molecule has 0 amide bonds. The van der Waals surface area contributed by atoms with Crippen LogP contribution in [0.5, 0.6) is 5.75 Å². The van der Waals surface area contributed by atoms with Crippen molar-refractivity contribution >= 4 is 33.1 Å². The van der Waals surface area contributed by atoms with Gasteiger partial charge in [-0.15, -0.1) is 0 Å². The number of nitrogens with one attached hydrogen (secondary N) is 1. The molecule has 0 spiro atoms. The third-order valence-electron chi connectivity index (χ3n) is 2.52. The van der Waals surface area contributed by atoms with Gasteiger partial charge < -0.3 is 10.5 Å². The van der Waals surface area contributed by atoms with Crippen molar-refractivity contribution in [1.29, 1.82) is 0 Å². The lowest BCUT2D eigenvalue weighted by Crippen LogP contribution is -2.15. The number of ether oxygens (including phenoxy) is 1. The van der Waals surface area contributed by atoms with Gasteiger partial charge in [0, 0.05) is 11.9 Å². The summed E-state index contributed by atoms with van der Waals surface area (Å²) in [5.41, 5.74) is 5.97. The van der Waals surface area contributed by atoms with Crippen LogP contribution in [0.2, 0.25) is 5.02 Å². The molecule has 0 aliphatic rings. The molecule has 0 radical (unpaired) electrons. The predicted molar refractivity (Wildman–Crippen MR) is 82.1 cm³/mol. The van der Waals surface area contributed by atoms with Gasteiger partial charge in [-0.2, -0.15) is 0 Å². The molecule has 21 heavy (non-hydrogen) atoms. The summed E-state index contributed by atoms with van der Waals surface area (Å²) in [6.07, 6.45) is 1.35. The van der Waals surface area contributed by atoms with Crippen LogP contribution in [0.15, 0.2) is 41.4 Å². The topological polar surface area (TPSA) is 94.3 Å². The molecular weight excluding hydrogens is 314 g/mol. The summed E-state index contributed by atoms with van der Waals surface area (Å²) < 4.78 is 32.5. The van der Waals surface area contributed by atoms with Gasteiger partial charge in [0.2, 0.25) is 0 Å². The first-order valence-corrected chi connectivity index (χ1v) is 7.95. The van der Waals surface area contributed by atoms with Gasteiger partial charge >= 0.3 is 0 Å². The van der Waals surface area contributed by atoms with E-state index in [1.54, 1.807) is 13.0 Å². The summed E-state index contributed by atoms with van der Waals surface area (Å²) in [5.74, 6) is 0.387. The minimum Gasteiger partial charge on any atom is -0.492 e. The van der Waals surface area contributed by atoms with Crippen LogP contribution in [-0.4, -0.2) is 20.0 Å². The number of hydrogen-bond donors (Lipinski definition) is 2. The van der Waals surface area contributed by atoms with Gasteiger partial charge in [-0.25, -0.2) is 13.4 Å². The van der Waals surface area contributed by atoms with E-state index in [9.17, 15) is 8.42 Å². The Kier molecular flexibility index (Phi) is 4.54. The van der Waals surface area contributed by atoms with Gasteiger partial charge in [0.05, 0.1) is 11.6 Å². The smallest absolute Gasteiger partial charge is 0.266 e. The van der Waals surface area contributed by atoms with Crippen molar-refractivity contribution < 1.29 is 13.2 Å². The SMILES string of the molecule is CCOc1ccc(N)cc1S(=O)(=O)Nc1ccc(Cl)cn1. The number of anilines is 2. The van der Waals surface area contributed by atoms with Crippen LogP contribution in [0, 0.1) is 0 Å². The molecule has 3 N–H and O–H groups in total. The van der Waals surface area contributed by atoms with E-state index in [4.69, 9.17) is 22.1 Å². The first-order chi connectivity index (χ1) is 9.92. The Morgan fingerprint density at radius 2 is 2.10 bits per heavy atom. The van der Waals surface area contributed by atoms with E-state index in [-0.39, 0.29) is 16.5 Å². The van der Waals surface area contributed by atoms with E-state index >= 15 is 0 Å². The van der Waals surface area contributed by atoms with Crippen LogP contribution >= 0.6 is 11.6 Å². The highest BCUT2D eigenvalue weighted by molar-refractivity contribution is 7.92. The van der Waals surface area contributed by atoms with Crippen LogP contribution in [0.25, 0.3) is 0 Å². The highest BCUT2D eigenvalue weighted by Gasteiger charge is 2.20. The van der Waals surface area contributed by atoms with Gasteiger partial charge in [-0.05, 0) is 37.3 Å². The number of rotatable bonds is 5. The second-order valence-corrected chi connectivity index (χ2v) is 6.19. The Labute approximate surface area is 128 Å². The molecule has 8 heteroatoms. The molecule has 0 fully saturated rings. The fraction of sp³-hybridized carbons (Fsp3) is 0.154. The molecule has 0 saturated heterocycles. The Hall–Kier alpha value is -1.99. The highest BCUT2D eigenvalue weighted by Crippen LogP contribution is 2.27. The molecule has 0 atom stereocenters. The largest absolute Gasteiger partial charge is 0.492 e. The minimum atomic E-state index is -3.86. The number of pyridine rings is 1. The molecule has 0 saturated carbocycles. The van der Waals surface area contributed by atoms with Crippen LogP contribution < -0.4 is 15.2 Å². The zero-order valence-electron chi connectivity index (χ0n) is 11.2. The van der Waals surface area contributed by atoms with E-state index < -0.39 is 10.0 Å². The number of sulfonamides is 1. The molecule has 0 aliphatic heterocycles. The quantitative estimate of drug-likeness (QED) is 0.823. The van der Waals surface area contributed by atoms with Gasteiger partial charge in [-0.3, -0.25) is 4.72 Å². The molecule has 0 bridgehead atoms. The normalized spacial score (nSPS) is 11.1. The van der Waals surface area contributed by atoms with Crippen LogP contribution in [0.1, 0.15) is 6.92 Å². The molecule has 112 valence electrons. The first-order valence-electron chi connectivity index (χ1n) is 6.09. The summed E-state index contributed by atoms with van der Waals surface area (Å²) in [6.45, 7) is 2.10. The second-order valence-electron chi connectivity index (χ2n) is 4.11. The summed E-state index contributed by atoms with van der Waals surface area (Å²) in [5, 5.41) is 0.414. The molecule has 1 heterocycles. The maximum absolute atomic E-state index is 12.4. The zero-order valence-corrected chi connectivity index (χ0v) is 12.8. The predicted octanol–water partition coefficient (Wildman–Crippen LogP) is 2.52. The number of halogens is 1. The maximum Gasteiger partial charge on any atom is 0.266 e. The third kappa shape index (κ3) is 3.77. The van der Waals surface area contributed by atoms with Crippen molar-refractivity contribution in [2.45, 2.75) is 11.8 Å². The van der Waals surface area contributed by atoms with E-state index in [0.717, 1.165) is 0 Å². The Morgan fingerprint density at radius 1 is 1.33 bits per heavy atom. The summed E-state index contributed by atoms with van der Waals surface area (Å²) in [6, 6.07) is 7.43. The third-order valence-corrected chi connectivity index (χ3v) is 4.12. The highest BCUT2D eigenvalue weighted by atomic mass is 35.5. The number of benzene rings is 1. The van der Waals surface area contributed by atoms with Crippen molar-refractivity contribution in [2.75, 3.05) is 17.1 Å². The van der Waals surface area contributed by atoms with Crippen molar-refractivity contribution in [3.8, 4) is 5.75 Å². The van der Waals surface area contributed by atoms with Gasteiger partial charge in [-0.1, -0.05) is 11.6 Å². The second kappa shape index (κ2) is 6.19. The van der Waals surface area contributed by atoms with E-state index in [1.165, 1.54) is 30.5 Å². The molecule has 2 rings (SSSR count). The van der Waals surface area contributed by atoms with Gasteiger partial charge in [0.1, 0.15) is 16.5 Å². The summed E-state index contributed by atoms with van der Waals surface area (Å²) in [7, 11) is -3.86. The number of hydrogen-bond acceptors (Lipinski definition) is 5. The molecule has 0 unspecified atom stereocenters. The molecular formula is C13H14ClN3O3S. The summed E-state index contributed by atoms with van der Waals surface area (Å²) in [4.78, 5) is 3.85. The lowest BCUT2D eigenvalue weighted by Gasteiger charge is -2.12. The fourth-order valence-electron chi connectivity index (χ4n) is 1.64. The number of nitrogens with two attached hydrogens (primary N) is 1. The summed E-state index contributed by atoms with van der Waals surface area (Å²) >= 11 is 5.71. The van der Waals surface area contributed by atoms with E-state index in [0.29, 0.717) is 17.3 Å². The molecule has 6 nitrogen and oxygen atoms in total. The maximum atomic E-state index is 12.4. The van der Waals surface area contributed by atoms with Crippen molar-refractivity contribution in [3.63, 3.8) is 0 Å². The standard InChI is InChI=1S/C13H14ClN3O3S/c1-2-20-11-5-4-10(15)7-12(11)21(18,19)17-13-6-3-9(14)8-16-13/h3-8H,2,15H2,1H3,(H,16,17). The van der Waals surface area contributed by atoms with E-state index in [2.05, 4.69) is 9.71 Å². The van der Waals surface area contributed by atoms with Crippen molar-refractivity contribution in [3.05, 3.63) is 41.6 Å². The average molecular weight is 328 g/mol. The minimum absolute atomic E-state index is 0.0406. The Morgan fingerprint density at radius 3 is 2.71 bits per heavy atom. The lowest BCUT2D eigenvalue weighted by atomic mass is 10.3. The Balaban J connectivity index is 2.39. The van der Waals surface area contributed by atoms with Crippen molar-refractivity contribution in [2.24, 2.45) is 0 Å². The molecule has 1 aromatic heterocycles. The monoisotopic (exact) mass is 327 g/mol. The average Bonchev–Trinajstić information content (AvgIpc) is 2.43.